The van der Waals surface area contributed by atoms with Gasteiger partial charge in [0, 0.05) is 142 Å². The first kappa shape index (κ1) is 67.4. The van der Waals surface area contributed by atoms with Crippen LogP contribution in [0, 0.1) is 35.0 Å². The molecule has 6 saturated heterocycles. The number of likely N-dealkylation sites (N-methyl/N-ethyl adjacent to an activating group) is 2. The quantitative estimate of drug-likeness (QED) is 0.00891. The van der Waals surface area contributed by atoms with Crippen LogP contribution < -0.4 is 40.9 Å². The third-order valence-electron chi connectivity index (χ3n) is 19.9. The molecule has 23 heteroatoms. The lowest BCUT2D eigenvalue weighted by Gasteiger charge is -2.43. The fourth-order valence-corrected chi connectivity index (χ4v) is 17.0. The van der Waals surface area contributed by atoms with Crippen LogP contribution in [0.25, 0.3) is 0 Å². The van der Waals surface area contributed by atoms with Gasteiger partial charge >= 0.3 is 0 Å². The number of piperazine rings is 1. The molecule has 7 aliphatic rings. The second kappa shape index (κ2) is 31.5. The van der Waals surface area contributed by atoms with Crippen LogP contribution in [0.2, 0.25) is 11.6 Å². The molecule has 5 N–H and O–H groups in total. The van der Waals surface area contributed by atoms with Crippen molar-refractivity contribution in [2.45, 2.75) is 143 Å². The molecule has 6 aliphatic heterocycles. The first-order chi connectivity index (χ1) is 44.7. The summed E-state index contributed by atoms with van der Waals surface area (Å²) in [6.07, 6.45) is 9.64. The lowest BCUT2D eigenvalue weighted by Crippen LogP contribution is -2.58. The van der Waals surface area contributed by atoms with Crippen LogP contribution in [0.3, 0.4) is 0 Å². The van der Waals surface area contributed by atoms with Crippen molar-refractivity contribution in [3.8, 4) is 23.7 Å². The SMILES string of the molecule is CNC(=O)[C@@H]1C[C@]2(C)CCCC[C@@H]2N1c1cc(S[C@H](C)NC(=O)c2ccc(N3CCOCC3)cc2)nc(C#CCCN2CCN(CCC#Cc3nc([C@H](C)NC(=O)c4ccc(N5CCOCC5)cc4)cc(N4C[C@@H](CCCCS)C[C@]4(C(O)NC)[C@@H]4C[Si]4)n3)CC2)n1. The van der Waals surface area contributed by atoms with Gasteiger partial charge in [0.2, 0.25) is 17.6 Å². The number of thiol groups is 1. The minimum Gasteiger partial charge on any atom is -0.378 e. The summed E-state index contributed by atoms with van der Waals surface area (Å²) < 4.78 is 11.1. The minimum absolute atomic E-state index is 0.0127. The van der Waals surface area contributed by atoms with Crippen molar-refractivity contribution in [1.82, 2.24) is 51.0 Å². The highest BCUT2D eigenvalue weighted by molar-refractivity contribution is 7.99. The second-order valence-electron chi connectivity index (χ2n) is 26.1. The number of fused-ring (bicyclic) bond motifs is 1. The molecule has 11 rings (SSSR count). The monoisotopic (exact) mass is 1310 g/mol. The number of hydrogen-bond acceptors (Lipinski definition) is 19. The summed E-state index contributed by atoms with van der Waals surface area (Å²) in [5.41, 5.74) is 3.80. The van der Waals surface area contributed by atoms with E-state index in [-0.39, 0.29) is 40.6 Å². The number of carbonyl (C=O) groups excluding carboxylic acids is 3. The molecule has 4 aromatic rings. The molecule has 20 nitrogen and oxygen atoms in total. The van der Waals surface area contributed by atoms with Gasteiger partial charge in [0.05, 0.1) is 49.1 Å². The molecule has 2 aromatic heterocycles. The Bertz CT molecular complexity index is 3290. The molecule has 2 aromatic carbocycles. The molecule has 0 spiro atoms. The van der Waals surface area contributed by atoms with E-state index < -0.39 is 17.8 Å². The Morgan fingerprint density at radius 2 is 1.35 bits per heavy atom. The first-order valence-electron chi connectivity index (χ1n) is 33.6. The maximum absolute atomic E-state index is 13.9. The number of carbonyl (C=O) groups is 3. The zero-order valence-electron chi connectivity index (χ0n) is 54.4. The van der Waals surface area contributed by atoms with E-state index in [9.17, 15) is 19.5 Å². The third kappa shape index (κ3) is 16.4. The highest BCUT2D eigenvalue weighted by Gasteiger charge is 2.59. The fraction of sp³-hybridized carbons (Fsp3) is 0.609. The molecule has 1 saturated carbocycles. The number of aliphatic hydroxyl groups excluding tert-OH is 1. The molecule has 492 valence electrons. The molecule has 2 radical (unpaired) electrons. The van der Waals surface area contributed by atoms with Crippen molar-refractivity contribution in [2.24, 2.45) is 11.3 Å². The Morgan fingerprint density at radius 1 is 0.761 bits per heavy atom. The van der Waals surface area contributed by atoms with E-state index in [0.717, 1.165) is 168 Å². The molecule has 92 heavy (non-hydrogen) atoms. The Morgan fingerprint density at radius 3 is 1.92 bits per heavy atom. The van der Waals surface area contributed by atoms with E-state index >= 15 is 0 Å². The van der Waals surface area contributed by atoms with Crippen molar-refractivity contribution in [3.05, 3.63) is 89.1 Å². The number of anilines is 4. The number of ether oxygens (including phenoxy) is 2. The molecule has 8 heterocycles. The number of unbranched alkanes of at least 4 members (excludes halogenated alkanes) is 1. The number of hydrogen-bond donors (Lipinski definition) is 6. The topological polar surface area (TPSA) is 209 Å². The summed E-state index contributed by atoms with van der Waals surface area (Å²) in [5.74, 6) is 16.7. The van der Waals surface area contributed by atoms with Gasteiger partial charge in [-0.2, -0.15) is 12.6 Å². The molecule has 1 aliphatic carbocycles. The van der Waals surface area contributed by atoms with Gasteiger partial charge in [-0.3, -0.25) is 29.5 Å². The number of aromatic nitrogens is 4. The van der Waals surface area contributed by atoms with Gasteiger partial charge in [0.25, 0.3) is 11.8 Å². The van der Waals surface area contributed by atoms with Crippen LogP contribution in [0.5, 0.6) is 0 Å². The number of amides is 3. The number of morpholine rings is 2. The number of benzene rings is 2. The van der Waals surface area contributed by atoms with Gasteiger partial charge < -0.3 is 50.1 Å². The summed E-state index contributed by atoms with van der Waals surface area (Å²) in [7, 11) is 4.32. The smallest absolute Gasteiger partial charge is 0.252 e. The van der Waals surface area contributed by atoms with Gasteiger partial charge in [0.1, 0.15) is 28.9 Å². The molecule has 1 unspecified atom stereocenters. The summed E-state index contributed by atoms with van der Waals surface area (Å²) in [6.45, 7) is 18.3. The van der Waals surface area contributed by atoms with Crippen LogP contribution in [0.15, 0.2) is 65.7 Å². The minimum atomic E-state index is -0.748. The average Bonchev–Trinajstić information content (AvgIpc) is 1.58. The molecule has 3 amide bonds. The van der Waals surface area contributed by atoms with Crippen molar-refractivity contribution < 1.29 is 29.0 Å². The summed E-state index contributed by atoms with van der Waals surface area (Å²) in [6, 6.07) is 19.9. The van der Waals surface area contributed by atoms with Crippen LogP contribution in [0.4, 0.5) is 23.0 Å². The zero-order valence-corrected chi connectivity index (χ0v) is 57.1. The highest BCUT2D eigenvalue weighted by atomic mass is 32.2. The van der Waals surface area contributed by atoms with Crippen LogP contribution >= 0.6 is 24.4 Å². The van der Waals surface area contributed by atoms with Crippen molar-refractivity contribution in [2.75, 3.05) is 138 Å². The third-order valence-corrected chi connectivity index (χ3v) is 22.4. The predicted molar refractivity (Wildman–Crippen MR) is 368 cm³/mol. The molecule has 0 bridgehead atoms. The predicted octanol–water partition coefficient (Wildman–Crippen LogP) is 6.50. The molecule has 7 fully saturated rings. The van der Waals surface area contributed by atoms with Crippen molar-refractivity contribution in [1.29, 1.82) is 0 Å². The van der Waals surface area contributed by atoms with E-state index in [0.29, 0.717) is 90.0 Å². The first-order valence-corrected chi connectivity index (χ1v) is 36.4. The Labute approximate surface area is 556 Å². The van der Waals surface area contributed by atoms with E-state index in [1.165, 1.54) is 11.8 Å². The number of thioether (sulfide) groups is 1. The van der Waals surface area contributed by atoms with E-state index in [1.807, 2.05) is 81.6 Å². The van der Waals surface area contributed by atoms with Gasteiger partial charge in [0.15, 0.2) is 0 Å². The normalized spacial score (nSPS) is 25.2. The lowest BCUT2D eigenvalue weighted by molar-refractivity contribution is -0.121. The summed E-state index contributed by atoms with van der Waals surface area (Å²) >= 11 is 5.96. The summed E-state index contributed by atoms with van der Waals surface area (Å²) in [4.78, 5) is 75.4. The van der Waals surface area contributed by atoms with Crippen LogP contribution in [-0.4, -0.2) is 210 Å². The number of nitrogens with zero attached hydrogens (tertiary/aromatic N) is 10. The lowest BCUT2D eigenvalue weighted by atomic mass is 9.71. The van der Waals surface area contributed by atoms with E-state index in [1.54, 1.807) is 7.05 Å². The van der Waals surface area contributed by atoms with Crippen LogP contribution in [-0.2, 0) is 14.3 Å². The fourth-order valence-electron chi connectivity index (χ4n) is 14.7. The standard InChI is InChI=1S/C69H94N14O6S2Si/c1-48(72-64(84)51-18-22-53(23-19-51)80-33-37-88-38-34-80)55-42-61(82-46-50(14-9-13-41-90)44-69(82,58-47-92-58)67(87)71-5)75-59(74-55)16-7-11-27-78-29-31-79(32-30-78)28-12-8-17-60-76-62(83-56(66(86)70-4)45-68(3)26-10-6-15-57(68)83)43-63(77-60)91-49(2)73-65(85)52-20-24-54(25-21-52)81-35-39-89-40-36-81/h18-25,42-43,48-50,56-58,67,71,87,90H,6,9-15,26-41,44-47H2,1-5H3,(H,70,86)(H,72,84)(H,73,85)/t48-,49+,50-,56-,57-,58-,67?,68-,69+/m0/s1. The zero-order chi connectivity index (χ0) is 64.2. The van der Waals surface area contributed by atoms with E-state index in [2.05, 4.69) is 93.9 Å². The summed E-state index contributed by atoms with van der Waals surface area (Å²) in [5, 5.41) is 24.9. The molecular weight excluding hydrogens is 1210 g/mol. The Kier molecular flexibility index (Phi) is 23.1. The van der Waals surface area contributed by atoms with Gasteiger partial charge in [-0.25, -0.2) is 19.9 Å². The average molecular weight is 1310 g/mol. The van der Waals surface area contributed by atoms with Gasteiger partial charge in [-0.15, -0.1) is 0 Å². The molecular formula is C69H94N14O6S2Si. The second-order valence-corrected chi connectivity index (χ2v) is 29.4. The van der Waals surface area contributed by atoms with Crippen molar-refractivity contribution >= 4 is 74.6 Å². The largest absolute Gasteiger partial charge is 0.378 e. The Hall–Kier alpha value is -5.99. The number of rotatable bonds is 23. The van der Waals surface area contributed by atoms with Crippen LogP contribution in [0.1, 0.15) is 136 Å². The number of nitrogens with one attached hydrogen (secondary N) is 4. The van der Waals surface area contributed by atoms with Gasteiger partial charge in [-0.05, 0) is 142 Å². The van der Waals surface area contributed by atoms with E-state index in [4.69, 9.17) is 29.4 Å². The maximum atomic E-state index is 13.9. The highest BCUT2D eigenvalue weighted by Crippen LogP contribution is 2.54. The molecule has 9 atom stereocenters. The Balaban J connectivity index is 0.737. The maximum Gasteiger partial charge on any atom is 0.252 e. The van der Waals surface area contributed by atoms with Gasteiger partial charge in [-0.1, -0.05) is 55.8 Å². The number of aliphatic hydroxyl groups is 1. The van der Waals surface area contributed by atoms with Crippen molar-refractivity contribution in [3.63, 3.8) is 0 Å².